The van der Waals surface area contributed by atoms with Gasteiger partial charge in [-0.1, -0.05) is 12.1 Å². The van der Waals surface area contributed by atoms with E-state index in [1.807, 2.05) is 30.0 Å². The fraction of sp³-hybridized carbons (Fsp3) is 0.125. The number of hydrogen-bond donors (Lipinski definition) is 1. The van der Waals surface area contributed by atoms with Gasteiger partial charge in [-0.15, -0.1) is 11.3 Å². The molecule has 3 rings (SSSR count). The number of thiazole rings is 1. The van der Waals surface area contributed by atoms with E-state index >= 15 is 0 Å². The SMILES string of the molecule is Cc1ccncc1-c1ccc(CN)cc1-c1nccs1. The first kappa shape index (κ1) is 13.0. The third-order valence-corrected chi connectivity index (χ3v) is 4.12. The van der Waals surface area contributed by atoms with Crippen LogP contribution in [-0.4, -0.2) is 9.97 Å². The second-order valence-electron chi connectivity index (χ2n) is 4.61. The van der Waals surface area contributed by atoms with Crippen molar-refractivity contribution in [2.45, 2.75) is 13.5 Å². The van der Waals surface area contributed by atoms with Crippen molar-refractivity contribution in [3.63, 3.8) is 0 Å². The minimum atomic E-state index is 0.532. The smallest absolute Gasteiger partial charge is 0.123 e. The molecule has 2 aromatic heterocycles. The van der Waals surface area contributed by atoms with Crippen molar-refractivity contribution in [2.24, 2.45) is 5.73 Å². The monoisotopic (exact) mass is 281 g/mol. The zero-order chi connectivity index (χ0) is 13.9. The fourth-order valence-corrected chi connectivity index (χ4v) is 2.90. The van der Waals surface area contributed by atoms with E-state index in [4.69, 9.17) is 5.73 Å². The molecule has 0 unspecified atom stereocenters. The highest BCUT2D eigenvalue weighted by Gasteiger charge is 2.12. The second-order valence-corrected chi connectivity index (χ2v) is 5.51. The van der Waals surface area contributed by atoms with Crippen molar-refractivity contribution in [3.8, 4) is 21.7 Å². The Morgan fingerprint density at radius 3 is 2.70 bits per heavy atom. The average molecular weight is 281 g/mol. The Balaban J connectivity index is 2.23. The molecule has 0 saturated carbocycles. The Bertz CT molecular complexity index is 720. The van der Waals surface area contributed by atoms with Crippen molar-refractivity contribution in [2.75, 3.05) is 0 Å². The van der Waals surface area contributed by atoms with Gasteiger partial charge < -0.3 is 5.73 Å². The number of rotatable bonds is 3. The van der Waals surface area contributed by atoms with E-state index < -0.39 is 0 Å². The maximum Gasteiger partial charge on any atom is 0.123 e. The summed E-state index contributed by atoms with van der Waals surface area (Å²) in [4.78, 5) is 8.68. The highest BCUT2D eigenvalue weighted by atomic mass is 32.1. The molecule has 0 aliphatic heterocycles. The maximum absolute atomic E-state index is 5.76. The summed E-state index contributed by atoms with van der Waals surface area (Å²) >= 11 is 1.64. The summed E-state index contributed by atoms with van der Waals surface area (Å²) in [6.45, 7) is 2.63. The molecule has 0 aliphatic carbocycles. The van der Waals surface area contributed by atoms with E-state index in [1.165, 1.54) is 5.56 Å². The van der Waals surface area contributed by atoms with E-state index in [2.05, 4.69) is 35.1 Å². The van der Waals surface area contributed by atoms with Gasteiger partial charge in [-0.2, -0.15) is 0 Å². The zero-order valence-electron chi connectivity index (χ0n) is 11.2. The van der Waals surface area contributed by atoms with Gasteiger partial charge in [-0.05, 0) is 35.7 Å². The lowest BCUT2D eigenvalue weighted by molar-refractivity contribution is 1.07. The van der Waals surface area contributed by atoms with Gasteiger partial charge in [-0.25, -0.2) is 4.98 Å². The van der Waals surface area contributed by atoms with E-state index in [0.29, 0.717) is 6.54 Å². The molecule has 0 saturated heterocycles. The molecule has 0 aliphatic rings. The molecule has 0 atom stereocenters. The van der Waals surface area contributed by atoms with Gasteiger partial charge in [0.2, 0.25) is 0 Å². The van der Waals surface area contributed by atoms with Crippen LogP contribution in [0.4, 0.5) is 0 Å². The predicted molar refractivity (Wildman–Crippen MR) is 83.4 cm³/mol. The normalized spacial score (nSPS) is 10.7. The van der Waals surface area contributed by atoms with Gasteiger partial charge in [0.1, 0.15) is 5.01 Å². The Hall–Kier alpha value is -2.04. The van der Waals surface area contributed by atoms with Crippen LogP contribution in [0.5, 0.6) is 0 Å². The highest BCUT2D eigenvalue weighted by Crippen LogP contribution is 2.35. The number of hydrogen-bond acceptors (Lipinski definition) is 4. The summed E-state index contributed by atoms with van der Waals surface area (Å²) in [5.41, 5.74) is 11.5. The van der Waals surface area contributed by atoms with Crippen LogP contribution < -0.4 is 5.73 Å². The molecule has 0 radical (unpaired) electrons. The number of aryl methyl sites for hydroxylation is 1. The number of nitrogens with two attached hydrogens (primary N) is 1. The van der Waals surface area contributed by atoms with Gasteiger partial charge in [0.15, 0.2) is 0 Å². The minimum Gasteiger partial charge on any atom is -0.326 e. The van der Waals surface area contributed by atoms with Crippen LogP contribution in [0.25, 0.3) is 21.7 Å². The second kappa shape index (κ2) is 5.53. The number of nitrogens with zero attached hydrogens (tertiary/aromatic N) is 2. The third-order valence-electron chi connectivity index (χ3n) is 3.31. The lowest BCUT2D eigenvalue weighted by atomic mass is 9.96. The molecule has 0 fully saturated rings. The van der Waals surface area contributed by atoms with Crippen LogP contribution in [0.1, 0.15) is 11.1 Å². The summed E-state index contributed by atoms with van der Waals surface area (Å²) in [5, 5.41) is 3.00. The van der Waals surface area contributed by atoms with Crippen molar-refractivity contribution >= 4 is 11.3 Å². The molecule has 4 heteroatoms. The molecule has 0 bridgehead atoms. The van der Waals surface area contributed by atoms with Crippen LogP contribution >= 0.6 is 11.3 Å². The minimum absolute atomic E-state index is 0.532. The molecule has 20 heavy (non-hydrogen) atoms. The van der Waals surface area contributed by atoms with Gasteiger partial charge in [-0.3, -0.25) is 4.98 Å². The maximum atomic E-state index is 5.76. The van der Waals surface area contributed by atoms with E-state index in [-0.39, 0.29) is 0 Å². The first-order valence-electron chi connectivity index (χ1n) is 6.43. The average Bonchev–Trinajstić information content (AvgIpc) is 3.01. The van der Waals surface area contributed by atoms with Gasteiger partial charge >= 0.3 is 0 Å². The lowest BCUT2D eigenvalue weighted by Gasteiger charge is -2.11. The largest absolute Gasteiger partial charge is 0.326 e. The number of aromatic nitrogens is 2. The number of benzene rings is 1. The molecule has 2 N–H and O–H groups in total. The van der Waals surface area contributed by atoms with Gasteiger partial charge in [0.05, 0.1) is 0 Å². The Labute approximate surface area is 122 Å². The standard InChI is InChI=1S/C16H15N3S/c1-11-4-5-18-10-15(11)13-3-2-12(9-17)8-14(13)16-19-6-7-20-16/h2-8,10H,9,17H2,1H3. The topological polar surface area (TPSA) is 51.8 Å². The predicted octanol–water partition coefficient (Wildman–Crippen LogP) is 3.64. The molecular weight excluding hydrogens is 266 g/mol. The van der Waals surface area contributed by atoms with Crippen LogP contribution in [0.15, 0.2) is 48.2 Å². The molecule has 3 aromatic rings. The van der Waals surface area contributed by atoms with Crippen molar-refractivity contribution in [3.05, 3.63) is 59.4 Å². The van der Waals surface area contributed by atoms with Gasteiger partial charge in [0.25, 0.3) is 0 Å². The van der Waals surface area contributed by atoms with E-state index in [9.17, 15) is 0 Å². The number of pyridine rings is 1. The summed E-state index contributed by atoms with van der Waals surface area (Å²) < 4.78 is 0. The van der Waals surface area contributed by atoms with Crippen LogP contribution in [0.2, 0.25) is 0 Å². The quantitative estimate of drug-likeness (QED) is 0.797. The highest BCUT2D eigenvalue weighted by molar-refractivity contribution is 7.13. The zero-order valence-corrected chi connectivity index (χ0v) is 12.0. The third kappa shape index (κ3) is 2.35. The summed E-state index contributed by atoms with van der Waals surface area (Å²) in [7, 11) is 0. The van der Waals surface area contributed by atoms with Crippen LogP contribution in [0.3, 0.4) is 0 Å². The summed E-state index contributed by atoms with van der Waals surface area (Å²) in [6.07, 6.45) is 5.55. The van der Waals surface area contributed by atoms with Crippen LogP contribution in [-0.2, 0) is 6.54 Å². The molecule has 100 valence electrons. The van der Waals surface area contributed by atoms with Gasteiger partial charge in [0, 0.05) is 41.6 Å². The molecular formula is C16H15N3S. The van der Waals surface area contributed by atoms with Crippen molar-refractivity contribution in [1.82, 2.24) is 9.97 Å². The fourth-order valence-electron chi connectivity index (χ4n) is 2.23. The van der Waals surface area contributed by atoms with Crippen molar-refractivity contribution < 1.29 is 0 Å². The molecule has 3 nitrogen and oxygen atoms in total. The van der Waals surface area contributed by atoms with Crippen molar-refractivity contribution in [1.29, 1.82) is 0 Å². The lowest BCUT2D eigenvalue weighted by Crippen LogP contribution is -1.97. The molecule has 0 spiro atoms. The molecule has 2 heterocycles. The summed E-state index contributed by atoms with van der Waals surface area (Å²) in [5.74, 6) is 0. The Morgan fingerprint density at radius 1 is 1.10 bits per heavy atom. The first-order chi connectivity index (χ1) is 9.79. The Morgan fingerprint density at radius 2 is 2.00 bits per heavy atom. The van der Waals surface area contributed by atoms with E-state index in [1.54, 1.807) is 11.3 Å². The van der Waals surface area contributed by atoms with Crippen LogP contribution in [0, 0.1) is 6.92 Å². The van der Waals surface area contributed by atoms with E-state index in [0.717, 1.165) is 27.3 Å². The Kier molecular flexibility index (Phi) is 3.58. The molecule has 1 aromatic carbocycles. The molecule has 0 amide bonds. The first-order valence-corrected chi connectivity index (χ1v) is 7.31. The summed E-state index contributed by atoms with van der Waals surface area (Å²) in [6, 6.07) is 8.33.